The molecule has 0 bridgehead atoms. The molecule has 96 valence electrons. The predicted molar refractivity (Wildman–Crippen MR) is 63.4 cm³/mol. The third-order valence-corrected chi connectivity index (χ3v) is 2.66. The van der Waals surface area contributed by atoms with Gasteiger partial charge in [0, 0.05) is 19.3 Å². The number of carbonyl (C=O) groups is 2. The maximum Gasteiger partial charge on any atom is 0.308 e. The molecule has 4 nitrogen and oxygen atoms in total. The van der Waals surface area contributed by atoms with Crippen LogP contribution >= 0.6 is 0 Å². The van der Waals surface area contributed by atoms with Crippen molar-refractivity contribution < 1.29 is 19.1 Å². The summed E-state index contributed by atoms with van der Waals surface area (Å²) < 4.78 is 10.4. The molecule has 17 heavy (non-hydrogen) atoms. The third-order valence-electron chi connectivity index (χ3n) is 2.66. The lowest BCUT2D eigenvalue weighted by Crippen LogP contribution is -2.25. The highest BCUT2D eigenvalue weighted by Gasteiger charge is 2.18. The Morgan fingerprint density at radius 1 is 1.35 bits per heavy atom. The normalized spacial score (nSPS) is 19.7. The molecule has 0 radical (unpaired) electrons. The second-order valence-corrected chi connectivity index (χ2v) is 4.34. The van der Waals surface area contributed by atoms with Crippen molar-refractivity contribution in [2.24, 2.45) is 0 Å². The smallest absolute Gasteiger partial charge is 0.308 e. The standard InChI is InChI=1S/C13H20O4/c1-10(2)11(14)6-5-7-12(15)17-13-8-3-4-9-16-13/h13H,1,3-9H2,2H3. The topological polar surface area (TPSA) is 52.6 Å². The van der Waals surface area contributed by atoms with Crippen molar-refractivity contribution >= 4 is 11.8 Å². The molecule has 0 spiro atoms. The van der Waals surface area contributed by atoms with Crippen molar-refractivity contribution in [1.29, 1.82) is 0 Å². The minimum absolute atomic E-state index is 0.00622. The Morgan fingerprint density at radius 2 is 2.12 bits per heavy atom. The summed E-state index contributed by atoms with van der Waals surface area (Å²) in [6.45, 7) is 5.90. The fourth-order valence-electron chi connectivity index (χ4n) is 1.62. The molecular weight excluding hydrogens is 220 g/mol. The SMILES string of the molecule is C=C(C)C(=O)CCCC(=O)OC1CCCCO1. The van der Waals surface area contributed by atoms with Gasteiger partial charge in [0.2, 0.25) is 6.29 Å². The van der Waals surface area contributed by atoms with Gasteiger partial charge in [0.05, 0.1) is 6.61 Å². The van der Waals surface area contributed by atoms with Gasteiger partial charge in [0.1, 0.15) is 0 Å². The van der Waals surface area contributed by atoms with E-state index in [1.54, 1.807) is 6.92 Å². The number of allylic oxidation sites excluding steroid dienone is 1. The summed E-state index contributed by atoms with van der Waals surface area (Å²) in [4.78, 5) is 22.7. The second-order valence-electron chi connectivity index (χ2n) is 4.34. The number of rotatable bonds is 6. The van der Waals surface area contributed by atoms with E-state index in [4.69, 9.17) is 9.47 Å². The quantitative estimate of drug-likeness (QED) is 0.528. The van der Waals surface area contributed by atoms with Crippen LogP contribution in [0.2, 0.25) is 0 Å². The van der Waals surface area contributed by atoms with Crippen molar-refractivity contribution in [2.75, 3.05) is 6.61 Å². The van der Waals surface area contributed by atoms with Crippen molar-refractivity contribution in [3.05, 3.63) is 12.2 Å². The first kappa shape index (κ1) is 13.9. The molecule has 0 aromatic rings. The minimum atomic E-state index is -0.381. The molecule has 1 aliphatic heterocycles. The molecular formula is C13H20O4. The fraction of sp³-hybridized carbons (Fsp3) is 0.692. The van der Waals surface area contributed by atoms with Gasteiger partial charge in [0.25, 0.3) is 0 Å². The van der Waals surface area contributed by atoms with Gasteiger partial charge in [-0.25, -0.2) is 0 Å². The second kappa shape index (κ2) is 7.22. The van der Waals surface area contributed by atoms with E-state index in [2.05, 4.69) is 6.58 Å². The maximum absolute atomic E-state index is 11.4. The number of Topliss-reactive ketones (excluding diaryl/α,β-unsaturated/α-hetero) is 1. The van der Waals surface area contributed by atoms with E-state index in [1.807, 2.05) is 0 Å². The average Bonchev–Trinajstić information content (AvgIpc) is 2.30. The lowest BCUT2D eigenvalue weighted by atomic mass is 10.1. The molecule has 0 N–H and O–H groups in total. The van der Waals surface area contributed by atoms with Crippen LogP contribution in [0.5, 0.6) is 0 Å². The van der Waals surface area contributed by atoms with Crippen LogP contribution in [-0.2, 0) is 19.1 Å². The summed E-state index contributed by atoms with van der Waals surface area (Å²) in [7, 11) is 0. The van der Waals surface area contributed by atoms with Crippen molar-refractivity contribution in [2.45, 2.75) is 51.7 Å². The first-order chi connectivity index (χ1) is 8.09. The lowest BCUT2D eigenvalue weighted by molar-refractivity contribution is -0.186. The summed E-state index contributed by atoms with van der Waals surface area (Å²) in [5, 5.41) is 0. The Balaban J connectivity index is 2.12. The van der Waals surface area contributed by atoms with Crippen molar-refractivity contribution in [3.63, 3.8) is 0 Å². The molecule has 0 aromatic carbocycles. The van der Waals surface area contributed by atoms with Crippen LogP contribution < -0.4 is 0 Å². The molecule has 0 saturated carbocycles. The van der Waals surface area contributed by atoms with Gasteiger partial charge in [-0.05, 0) is 31.8 Å². The zero-order chi connectivity index (χ0) is 12.7. The van der Waals surface area contributed by atoms with E-state index >= 15 is 0 Å². The Labute approximate surface area is 102 Å². The zero-order valence-corrected chi connectivity index (χ0v) is 10.4. The summed E-state index contributed by atoms with van der Waals surface area (Å²) >= 11 is 0. The highest BCUT2D eigenvalue weighted by atomic mass is 16.7. The number of hydrogen-bond donors (Lipinski definition) is 0. The highest BCUT2D eigenvalue weighted by molar-refractivity contribution is 5.94. The third kappa shape index (κ3) is 5.63. The molecule has 0 aromatic heterocycles. The van der Waals surface area contributed by atoms with Crippen LogP contribution in [-0.4, -0.2) is 24.6 Å². The number of ether oxygens (including phenoxy) is 2. The summed E-state index contributed by atoms with van der Waals surface area (Å²) in [6, 6.07) is 0. The van der Waals surface area contributed by atoms with Crippen molar-refractivity contribution in [3.8, 4) is 0 Å². The number of hydrogen-bond acceptors (Lipinski definition) is 4. The van der Waals surface area contributed by atoms with Crippen LogP contribution in [0.1, 0.15) is 45.4 Å². The monoisotopic (exact) mass is 240 g/mol. The first-order valence-corrected chi connectivity index (χ1v) is 6.09. The number of carbonyl (C=O) groups excluding carboxylic acids is 2. The molecule has 1 rings (SSSR count). The predicted octanol–water partition coefficient (Wildman–Crippen LogP) is 2.37. The lowest BCUT2D eigenvalue weighted by Gasteiger charge is -2.22. The largest absolute Gasteiger partial charge is 0.436 e. The molecule has 0 aliphatic carbocycles. The van der Waals surface area contributed by atoms with Gasteiger partial charge in [-0.15, -0.1) is 0 Å². The molecule has 1 saturated heterocycles. The maximum atomic E-state index is 11.4. The number of esters is 1. The summed E-state index contributed by atoms with van der Waals surface area (Å²) in [5.41, 5.74) is 0.536. The molecule has 1 aliphatic rings. The molecule has 1 atom stereocenters. The van der Waals surface area contributed by atoms with Crippen molar-refractivity contribution in [1.82, 2.24) is 0 Å². The van der Waals surface area contributed by atoms with Crippen LogP contribution in [0.4, 0.5) is 0 Å². The summed E-state index contributed by atoms with van der Waals surface area (Å²) in [6.07, 6.45) is 3.59. The van der Waals surface area contributed by atoms with Crippen LogP contribution in [0.3, 0.4) is 0 Å². The first-order valence-electron chi connectivity index (χ1n) is 6.09. The van der Waals surface area contributed by atoms with Crippen LogP contribution in [0.25, 0.3) is 0 Å². The van der Waals surface area contributed by atoms with Gasteiger partial charge < -0.3 is 9.47 Å². The highest BCUT2D eigenvalue weighted by Crippen LogP contribution is 2.15. The Hall–Kier alpha value is -1.16. The van der Waals surface area contributed by atoms with Gasteiger partial charge in [-0.2, -0.15) is 0 Å². The Bertz CT molecular complexity index is 290. The van der Waals surface area contributed by atoms with Gasteiger partial charge in [-0.1, -0.05) is 6.58 Å². The van der Waals surface area contributed by atoms with Gasteiger partial charge >= 0.3 is 5.97 Å². The van der Waals surface area contributed by atoms with Crippen LogP contribution in [0.15, 0.2) is 12.2 Å². The number of ketones is 1. The van der Waals surface area contributed by atoms with E-state index in [0.717, 1.165) is 19.3 Å². The Morgan fingerprint density at radius 3 is 2.71 bits per heavy atom. The van der Waals surface area contributed by atoms with E-state index in [0.29, 0.717) is 25.0 Å². The van der Waals surface area contributed by atoms with Gasteiger partial charge in [0.15, 0.2) is 5.78 Å². The molecule has 1 fully saturated rings. The van der Waals surface area contributed by atoms with Gasteiger partial charge in [-0.3, -0.25) is 9.59 Å². The van der Waals surface area contributed by atoms with E-state index < -0.39 is 0 Å². The van der Waals surface area contributed by atoms with E-state index in [1.165, 1.54) is 0 Å². The summed E-state index contributed by atoms with van der Waals surface area (Å²) in [5.74, 6) is -0.280. The Kier molecular flexibility index (Phi) is 5.91. The van der Waals surface area contributed by atoms with E-state index in [-0.39, 0.29) is 24.5 Å². The molecule has 1 heterocycles. The van der Waals surface area contributed by atoms with Crippen LogP contribution in [0, 0.1) is 0 Å². The fourth-order valence-corrected chi connectivity index (χ4v) is 1.62. The molecule has 1 unspecified atom stereocenters. The average molecular weight is 240 g/mol. The van der Waals surface area contributed by atoms with E-state index in [9.17, 15) is 9.59 Å². The minimum Gasteiger partial charge on any atom is -0.436 e. The molecule has 0 amide bonds. The molecule has 4 heteroatoms. The zero-order valence-electron chi connectivity index (χ0n) is 10.4.